The largest absolute Gasteiger partial charge is 0.508 e. The fourth-order valence-electron chi connectivity index (χ4n) is 1.13. The van der Waals surface area contributed by atoms with Crippen molar-refractivity contribution in [2.24, 2.45) is 0 Å². The first-order valence-electron chi connectivity index (χ1n) is 4.31. The topological polar surface area (TPSA) is 40.5 Å². The van der Waals surface area contributed by atoms with Crippen molar-refractivity contribution in [3.63, 3.8) is 0 Å². The SMILES string of the molecule is Cc1cc(O)ccc1C=CCCO. The Morgan fingerprint density at radius 1 is 1.38 bits per heavy atom. The molecule has 1 aromatic rings. The molecule has 0 heterocycles. The number of hydrogen-bond donors (Lipinski definition) is 2. The first-order valence-corrected chi connectivity index (χ1v) is 4.31. The zero-order valence-electron chi connectivity index (χ0n) is 7.70. The molecule has 0 saturated carbocycles. The summed E-state index contributed by atoms with van der Waals surface area (Å²) in [7, 11) is 0. The lowest BCUT2D eigenvalue weighted by atomic mass is 10.1. The van der Waals surface area contributed by atoms with E-state index in [0.29, 0.717) is 6.42 Å². The van der Waals surface area contributed by atoms with Gasteiger partial charge >= 0.3 is 0 Å². The number of aromatic hydroxyl groups is 1. The minimum Gasteiger partial charge on any atom is -0.508 e. The molecular formula is C11H14O2. The Labute approximate surface area is 78.2 Å². The van der Waals surface area contributed by atoms with Crippen LogP contribution in [0.4, 0.5) is 0 Å². The molecule has 0 aliphatic heterocycles. The van der Waals surface area contributed by atoms with Gasteiger partial charge in [-0.2, -0.15) is 0 Å². The molecule has 0 spiro atoms. The van der Waals surface area contributed by atoms with Crippen molar-refractivity contribution in [1.29, 1.82) is 0 Å². The number of phenols is 1. The summed E-state index contributed by atoms with van der Waals surface area (Å²) < 4.78 is 0. The van der Waals surface area contributed by atoms with Crippen LogP contribution < -0.4 is 0 Å². The maximum atomic E-state index is 9.15. The zero-order chi connectivity index (χ0) is 9.68. The number of aryl methyl sites for hydroxylation is 1. The van der Waals surface area contributed by atoms with Crippen molar-refractivity contribution in [2.45, 2.75) is 13.3 Å². The number of hydrogen-bond acceptors (Lipinski definition) is 2. The summed E-state index contributed by atoms with van der Waals surface area (Å²) in [4.78, 5) is 0. The molecule has 0 bridgehead atoms. The smallest absolute Gasteiger partial charge is 0.115 e. The molecule has 2 nitrogen and oxygen atoms in total. The van der Waals surface area contributed by atoms with E-state index in [9.17, 15) is 0 Å². The molecule has 0 fully saturated rings. The molecule has 0 aromatic heterocycles. The molecule has 0 unspecified atom stereocenters. The first-order chi connectivity index (χ1) is 6.24. The van der Waals surface area contributed by atoms with Gasteiger partial charge in [-0.15, -0.1) is 0 Å². The van der Waals surface area contributed by atoms with Crippen LogP contribution in [0.3, 0.4) is 0 Å². The summed E-state index contributed by atoms with van der Waals surface area (Å²) in [6.45, 7) is 2.12. The third-order valence-corrected chi connectivity index (χ3v) is 1.85. The second-order valence-electron chi connectivity index (χ2n) is 2.96. The highest BCUT2D eigenvalue weighted by molar-refractivity contribution is 5.54. The number of rotatable bonds is 3. The van der Waals surface area contributed by atoms with E-state index >= 15 is 0 Å². The molecule has 70 valence electrons. The van der Waals surface area contributed by atoms with E-state index in [2.05, 4.69) is 0 Å². The molecule has 1 aromatic carbocycles. The van der Waals surface area contributed by atoms with Crippen LogP contribution in [0, 0.1) is 6.92 Å². The summed E-state index contributed by atoms with van der Waals surface area (Å²) in [6, 6.07) is 5.24. The Morgan fingerprint density at radius 2 is 2.15 bits per heavy atom. The van der Waals surface area contributed by atoms with Crippen LogP contribution in [0.2, 0.25) is 0 Å². The van der Waals surface area contributed by atoms with Gasteiger partial charge in [0.05, 0.1) is 0 Å². The molecule has 0 aliphatic carbocycles. The van der Waals surface area contributed by atoms with Gasteiger partial charge in [0.25, 0.3) is 0 Å². The molecule has 2 heteroatoms. The van der Waals surface area contributed by atoms with E-state index in [4.69, 9.17) is 10.2 Å². The number of benzene rings is 1. The van der Waals surface area contributed by atoms with E-state index in [-0.39, 0.29) is 12.4 Å². The summed E-state index contributed by atoms with van der Waals surface area (Å²) >= 11 is 0. The van der Waals surface area contributed by atoms with Crippen LogP contribution in [-0.2, 0) is 0 Å². The van der Waals surface area contributed by atoms with Crippen LogP contribution in [0.15, 0.2) is 24.3 Å². The Hall–Kier alpha value is -1.28. The number of aliphatic hydroxyl groups excluding tert-OH is 1. The van der Waals surface area contributed by atoms with E-state index in [0.717, 1.165) is 11.1 Å². The number of aliphatic hydroxyl groups is 1. The third kappa shape index (κ3) is 2.92. The van der Waals surface area contributed by atoms with Crippen LogP contribution in [0.25, 0.3) is 6.08 Å². The van der Waals surface area contributed by atoms with Crippen LogP contribution >= 0.6 is 0 Å². The van der Waals surface area contributed by atoms with Crippen LogP contribution in [-0.4, -0.2) is 16.8 Å². The van der Waals surface area contributed by atoms with Crippen LogP contribution in [0.1, 0.15) is 17.5 Å². The Balaban J connectivity index is 2.77. The molecule has 0 amide bonds. The van der Waals surface area contributed by atoms with Gasteiger partial charge in [-0.1, -0.05) is 18.2 Å². The number of phenolic OH excluding ortho intramolecular Hbond substituents is 1. The average molecular weight is 178 g/mol. The Kier molecular flexibility index (Phi) is 3.53. The maximum Gasteiger partial charge on any atom is 0.115 e. The average Bonchev–Trinajstić information content (AvgIpc) is 2.09. The summed E-state index contributed by atoms with van der Waals surface area (Å²) in [6.07, 6.45) is 4.53. The van der Waals surface area contributed by atoms with Crippen molar-refractivity contribution < 1.29 is 10.2 Å². The predicted octanol–water partition coefficient (Wildman–Crippen LogP) is 2.10. The van der Waals surface area contributed by atoms with E-state index in [1.807, 2.05) is 25.1 Å². The van der Waals surface area contributed by atoms with Gasteiger partial charge in [-0.3, -0.25) is 0 Å². The van der Waals surface area contributed by atoms with E-state index < -0.39 is 0 Å². The Morgan fingerprint density at radius 3 is 2.77 bits per heavy atom. The van der Waals surface area contributed by atoms with Crippen LogP contribution in [0.5, 0.6) is 5.75 Å². The van der Waals surface area contributed by atoms with Gasteiger partial charge in [0.15, 0.2) is 0 Å². The van der Waals surface area contributed by atoms with Crippen molar-refractivity contribution in [3.05, 3.63) is 35.4 Å². The van der Waals surface area contributed by atoms with Crippen molar-refractivity contribution in [2.75, 3.05) is 6.61 Å². The molecule has 1 rings (SSSR count). The fraction of sp³-hybridized carbons (Fsp3) is 0.273. The second kappa shape index (κ2) is 4.67. The second-order valence-corrected chi connectivity index (χ2v) is 2.96. The van der Waals surface area contributed by atoms with Gasteiger partial charge in [0, 0.05) is 6.61 Å². The van der Waals surface area contributed by atoms with Gasteiger partial charge in [0.1, 0.15) is 5.75 Å². The lowest BCUT2D eigenvalue weighted by Gasteiger charge is -2.00. The normalized spacial score (nSPS) is 10.9. The molecule has 2 N–H and O–H groups in total. The van der Waals surface area contributed by atoms with Gasteiger partial charge < -0.3 is 10.2 Å². The summed E-state index contributed by atoms with van der Waals surface area (Å²) in [5.74, 6) is 0.289. The molecular weight excluding hydrogens is 164 g/mol. The van der Waals surface area contributed by atoms with Crippen molar-refractivity contribution in [1.82, 2.24) is 0 Å². The Bertz CT molecular complexity index is 303. The highest BCUT2D eigenvalue weighted by atomic mass is 16.3. The third-order valence-electron chi connectivity index (χ3n) is 1.85. The van der Waals surface area contributed by atoms with Crippen molar-refractivity contribution >= 4 is 6.08 Å². The monoisotopic (exact) mass is 178 g/mol. The lowest BCUT2D eigenvalue weighted by molar-refractivity contribution is 0.303. The molecule has 13 heavy (non-hydrogen) atoms. The van der Waals surface area contributed by atoms with E-state index in [1.54, 1.807) is 12.1 Å². The molecule has 0 saturated heterocycles. The summed E-state index contributed by atoms with van der Waals surface area (Å²) in [5.41, 5.74) is 2.11. The zero-order valence-corrected chi connectivity index (χ0v) is 7.70. The highest BCUT2D eigenvalue weighted by Crippen LogP contribution is 2.16. The standard InChI is InChI=1S/C11H14O2/c1-9-8-11(13)6-5-10(9)4-2-3-7-12/h2,4-6,8,12-13H,3,7H2,1H3. The quantitative estimate of drug-likeness (QED) is 0.744. The lowest BCUT2D eigenvalue weighted by Crippen LogP contribution is -1.80. The fourth-order valence-corrected chi connectivity index (χ4v) is 1.13. The first kappa shape index (κ1) is 9.81. The van der Waals surface area contributed by atoms with Gasteiger partial charge in [0.2, 0.25) is 0 Å². The molecule has 0 aliphatic rings. The van der Waals surface area contributed by atoms with E-state index in [1.165, 1.54) is 0 Å². The van der Waals surface area contributed by atoms with Gasteiger partial charge in [-0.25, -0.2) is 0 Å². The van der Waals surface area contributed by atoms with Gasteiger partial charge in [-0.05, 0) is 36.6 Å². The minimum atomic E-state index is 0.174. The molecule has 0 atom stereocenters. The maximum absolute atomic E-state index is 9.15. The van der Waals surface area contributed by atoms with Crippen molar-refractivity contribution in [3.8, 4) is 5.75 Å². The molecule has 0 radical (unpaired) electrons. The summed E-state index contributed by atoms with van der Waals surface area (Å²) in [5, 5.41) is 17.7. The minimum absolute atomic E-state index is 0.174. The predicted molar refractivity (Wildman–Crippen MR) is 53.6 cm³/mol. The highest BCUT2D eigenvalue weighted by Gasteiger charge is 1.94.